The molecule has 2 N–H and O–H groups in total. The number of nitrogens with zero attached hydrogens (tertiary/aromatic N) is 1. The van der Waals surface area contributed by atoms with Crippen molar-refractivity contribution in [2.45, 2.75) is 44.7 Å². The molecule has 92 valence electrons. The molecule has 2 rings (SSSR count). The molecule has 2 aliphatic rings. The second-order valence-electron chi connectivity index (χ2n) is 4.80. The van der Waals surface area contributed by atoms with Crippen LogP contribution in [0.3, 0.4) is 0 Å². The first kappa shape index (κ1) is 11.9. The van der Waals surface area contributed by atoms with E-state index in [0.717, 1.165) is 45.1 Å². The molecule has 0 radical (unpaired) electrons. The predicted molar refractivity (Wildman–Crippen MR) is 64.3 cm³/mol. The van der Waals surface area contributed by atoms with Gasteiger partial charge in [0, 0.05) is 19.1 Å². The maximum atomic E-state index is 11.7. The summed E-state index contributed by atoms with van der Waals surface area (Å²) in [5.41, 5.74) is 0. The lowest BCUT2D eigenvalue weighted by atomic mass is 10.2. The first-order valence-corrected chi connectivity index (χ1v) is 6.56. The molecule has 1 saturated heterocycles. The van der Waals surface area contributed by atoms with Crippen LogP contribution < -0.4 is 10.6 Å². The Hall–Kier alpha value is -0.610. The van der Waals surface area contributed by atoms with Gasteiger partial charge in [-0.1, -0.05) is 6.92 Å². The smallest absolute Gasteiger partial charge is 0.237 e. The Morgan fingerprint density at radius 1 is 1.44 bits per heavy atom. The van der Waals surface area contributed by atoms with Crippen molar-refractivity contribution in [2.24, 2.45) is 0 Å². The molecule has 0 spiro atoms. The van der Waals surface area contributed by atoms with Gasteiger partial charge in [0.2, 0.25) is 5.91 Å². The molecule has 0 aromatic carbocycles. The number of nitrogens with one attached hydrogen (secondary N) is 2. The Kier molecular flexibility index (Phi) is 4.18. The summed E-state index contributed by atoms with van der Waals surface area (Å²) in [6, 6.07) is 0.863. The summed E-state index contributed by atoms with van der Waals surface area (Å²) < 4.78 is 0. The summed E-state index contributed by atoms with van der Waals surface area (Å²) in [4.78, 5) is 14.2. The molecule has 0 bridgehead atoms. The molecule has 1 aliphatic heterocycles. The Morgan fingerprint density at radius 3 is 2.81 bits per heavy atom. The standard InChI is InChI=1S/C12H23N3O/c1-2-15(10-5-6-10)9-8-14-12(16)11-4-3-7-13-11/h10-11,13H,2-9H2,1H3,(H,14,16)/t11-/m0/s1. The van der Waals surface area contributed by atoms with Gasteiger partial charge in [-0.15, -0.1) is 0 Å². The number of rotatable bonds is 6. The summed E-state index contributed by atoms with van der Waals surface area (Å²) in [5.74, 6) is 0.185. The lowest BCUT2D eigenvalue weighted by Gasteiger charge is -2.20. The minimum absolute atomic E-state index is 0.0657. The first-order valence-electron chi connectivity index (χ1n) is 6.56. The first-order chi connectivity index (χ1) is 7.81. The van der Waals surface area contributed by atoms with Crippen molar-refractivity contribution in [1.29, 1.82) is 0 Å². The number of carbonyl (C=O) groups excluding carboxylic acids is 1. The van der Waals surface area contributed by atoms with E-state index >= 15 is 0 Å². The zero-order valence-corrected chi connectivity index (χ0v) is 10.2. The van der Waals surface area contributed by atoms with Crippen LogP contribution in [-0.4, -0.2) is 49.1 Å². The van der Waals surface area contributed by atoms with Crippen LogP contribution >= 0.6 is 0 Å². The third-order valence-corrected chi connectivity index (χ3v) is 3.54. The molecule has 1 atom stereocenters. The number of amides is 1. The second-order valence-corrected chi connectivity index (χ2v) is 4.80. The Morgan fingerprint density at radius 2 is 2.25 bits per heavy atom. The molecular formula is C12H23N3O. The molecular weight excluding hydrogens is 202 g/mol. The second kappa shape index (κ2) is 5.64. The van der Waals surface area contributed by atoms with Crippen LogP contribution in [0.2, 0.25) is 0 Å². The molecule has 4 nitrogen and oxygen atoms in total. The SMILES string of the molecule is CCN(CCNC(=O)[C@@H]1CCCN1)C1CC1. The van der Waals surface area contributed by atoms with Crippen LogP contribution in [0.15, 0.2) is 0 Å². The lowest BCUT2D eigenvalue weighted by Crippen LogP contribution is -2.43. The highest BCUT2D eigenvalue weighted by molar-refractivity contribution is 5.81. The highest BCUT2D eigenvalue weighted by atomic mass is 16.2. The topological polar surface area (TPSA) is 44.4 Å². The maximum absolute atomic E-state index is 11.7. The van der Waals surface area contributed by atoms with Crippen LogP contribution in [0.5, 0.6) is 0 Å². The van der Waals surface area contributed by atoms with E-state index in [1.165, 1.54) is 12.8 Å². The minimum atomic E-state index is 0.0657. The zero-order valence-electron chi connectivity index (χ0n) is 10.2. The molecule has 4 heteroatoms. The van der Waals surface area contributed by atoms with Crippen molar-refractivity contribution in [1.82, 2.24) is 15.5 Å². The van der Waals surface area contributed by atoms with Gasteiger partial charge in [0.1, 0.15) is 0 Å². The van der Waals surface area contributed by atoms with E-state index < -0.39 is 0 Å². The van der Waals surface area contributed by atoms with E-state index in [4.69, 9.17) is 0 Å². The van der Waals surface area contributed by atoms with Crippen molar-refractivity contribution in [3.05, 3.63) is 0 Å². The summed E-state index contributed by atoms with van der Waals surface area (Å²) in [5, 5.41) is 6.25. The van der Waals surface area contributed by atoms with Gasteiger partial charge < -0.3 is 10.6 Å². The maximum Gasteiger partial charge on any atom is 0.237 e. The molecule has 0 aromatic rings. The lowest BCUT2D eigenvalue weighted by molar-refractivity contribution is -0.122. The molecule has 1 amide bonds. The average Bonchev–Trinajstić information content (AvgIpc) is 2.97. The van der Waals surface area contributed by atoms with Gasteiger partial charge in [0.15, 0.2) is 0 Å². The summed E-state index contributed by atoms with van der Waals surface area (Å²) in [7, 11) is 0. The molecule has 1 aliphatic carbocycles. The Bertz CT molecular complexity index is 234. The van der Waals surface area contributed by atoms with Gasteiger partial charge in [-0.2, -0.15) is 0 Å². The molecule has 16 heavy (non-hydrogen) atoms. The molecule has 1 heterocycles. The number of hydrogen-bond acceptors (Lipinski definition) is 3. The van der Waals surface area contributed by atoms with E-state index in [9.17, 15) is 4.79 Å². The molecule has 0 unspecified atom stereocenters. The highest BCUT2D eigenvalue weighted by Crippen LogP contribution is 2.25. The fourth-order valence-corrected chi connectivity index (χ4v) is 2.39. The van der Waals surface area contributed by atoms with Gasteiger partial charge >= 0.3 is 0 Å². The third kappa shape index (κ3) is 3.19. The van der Waals surface area contributed by atoms with Crippen LogP contribution in [0, 0.1) is 0 Å². The fourth-order valence-electron chi connectivity index (χ4n) is 2.39. The summed E-state index contributed by atoms with van der Waals surface area (Å²) in [6.07, 6.45) is 4.80. The Labute approximate surface area is 97.8 Å². The van der Waals surface area contributed by atoms with Crippen LogP contribution in [-0.2, 0) is 4.79 Å². The van der Waals surface area contributed by atoms with Gasteiger partial charge in [0.25, 0.3) is 0 Å². The monoisotopic (exact) mass is 225 g/mol. The number of likely N-dealkylation sites (N-methyl/N-ethyl adjacent to an activating group) is 1. The van der Waals surface area contributed by atoms with E-state index in [2.05, 4.69) is 22.5 Å². The summed E-state index contributed by atoms with van der Waals surface area (Å²) in [6.45, 7) is 6.07. The normalized spacial score (nSPS) is 25.0. The predicted octanol–water partition coefficient (Wildman–Crippen LogP) is 0.339. The number of hydrogen-bond donors (Lipinski definition) is 2. The van der Waals surface area contributed by atoms with Crippen LogP contribution in [0.1, 0.15) is 32.6 Å². The van der Waals surface area contributed by atoms with E-state index in [1.54, 1.807) is 0 Å². The van der Waals surface area contributed by atoms with E-state index in [1.807, 2.05) is 0 Å². The van der Waals surface area contributed by atoms with Gasteiger partial charge in [0.05, 0.1) is 6.04 Å². The van der Waals surface area contributed by atoms with Gasteiger partial charge in [-0.05, 0) is 38.8 Å². The van der Waals surface area contributed by atoms with E-state index in [-0.39, 0.29) is 11.9 Å². The van der Waals surface area contributed by atoms with Crippen molar-refractivity contribution in [3.8, 4) is 0 Å². The van der Waals surface area contributed by atoms with E-state index in [0.29, 0.717) is 0 Å². The fraction of sp³-hybridized carbons (Fsp3) is 0.917. The molecule has 1 saturated carbocycles. The third-order valence-electron chi connectivity index (χ3n) is 3.54. The minimum Gasteiger partial charge on any atom is -0.353 e. The van der Waals surface area contributed by atoms with Crippen molar-refractivity contribution in [3.63, 3.8) is 0 Å². The summed E-state index contributed by atoms with van der Waals surface area (Å²) >= 11 is 0. The molecule has 0 aromatic heterocycles. The quantitative estimate of drug-likeness (QED) is 0.685. The van der Waals surface area contributed by atoms with Crippen molar-refractivity contribution in [2.75, 3.05) is 26.2 Å². The number of carbonyl (C=O) groups is 1. The van der Waals surface area contributed by atoms with Crippen LogP contribution in [0.4, 0.5) is 0 Å². The largest absolute Gasteiger partial charge is 0.353 e. The average molecular weight is 225 g/mol. The van der Waals surface area contributed by atoms with Gasteiger partial charge in [-0.25, -0.2) is 0 Å². The molecule has 2 fully saturated rings. The van der Waals surface area contributed by atoms with Gasteiger partial charge in [-0.3, -0.25) is 9.69 Å². The Balaban J connectivity index is 1.60. The van der Waals surface area contributed by atoms with Crippen molar-refractivity contribution >= 4 is 5.91 Å². The van der Waals surface area contributed by atoms with Crippen molar-refractivity contribution < 1.29 is 4.79 Å². The van der Waals surface area contributed by atoms with Crippen LogP contribution in [0.25, 0.3) is 0 Å². The zero-order chi connectivity index (χ0) is 11.4. The highest BCUT2D eigenvalue weighted by Gasteiger charge is 2.27.